The Bertz CT molecular complexity index is 1250. The van der Waals surface area contributed by atoms with Crippen molar-refractivity contribution >= 4 is 36.6 Å². The van der Waals surface area contributed by atoms with E-state index in [1.165, 1.54) is 54.6 Å². The van der Waals surface area contributed by atoms with Crippen molar-refractivity contribution in [3.63, 3.8) is 0 Å². The molecule has 0 amide bonds. The molecule has 0 spiro atoms. The van der Waals surface area contributed by atoms with Gasteiger partial charge in [-0.2, -0.15) is 0 Å². The third kappa shape index (κ3) is 4.08. The van der Waals surface area contributed by atoms with E-state index in [9.17, 15) is 4.79 Å². The largest absolute Gasteiger partial charge is 0.459 e. The summed E-state index contributed by atoms with van der Waals surface area (Å²) in [4.78, 5) is 14.1. The van der Waals surface area contributed by atoms with E-state index in [-0.39, 0.29) is 22.0 Å². The number of carbonyl (C=O) groups excluding carboxylic acids is 1. The van der Waals surface area contributed by atoms with Crippen LogP contribution >= 0.6 is 10.5 Å². The highest BCUT2D eigenvalue weighted by molar-refractivity contribution is 7.50. The summed E-state index contributed by atoms with van der Waals surface area (Å²) in [6.07, 6.45) is 6.53. The maximum Gasteiger partial charge on any atom is 0.306 e. The second kappa shape index (κ2) is 8.95. The predicted octanol–water partition coefficient (Wildman–Crippen LogP) is 8.55. The van der Waals surface area contributed by atoms with E-state index in [1.54, 1.807) is 0 Å². The molecule has 0 bridgehead atoms. The first-order chi connectivity index (χ1) is 16.0. The maximum atomic E-state index is 12.7. The van der Waals surface area contributed by atoms with E-state index < -0.39 is 0 Å². The van der Waals surface area contributed by atoms with Crippen LogP contribution in [0.25, 0.3) is 25.1 Å². The molecule has 1 aliphatic carbocycles. The van der Waals surface area contributed by atoms with Crippen molar-refractivity contribution < 1.29 is 9.53 Å². The number of hydrogen-bond donors (Lipinski definition) is 0. The molecule has 1 saturated carbocycles. The highest BCUT2D eigenvalue weighted by Gasteiger charge is 2.35. The van der Waals surface area contributed by atoms with Crippen LogP contribution in [-0.4, -0.2) is 11.6 Å². The zero-order valence-electron chi connectivity index (χ0n) is 19.9. The number of benzene rings is 3. The number of ether oxygens (including phenoxy) is 1. The minimum atomic E-state index is -0.199. The molecule has 0 radical (unpaired) electrons. The standard InChI is InChI=1S/C30H33O2S/c1-4-30(17-9-10-18-30)32-29(31)16-15-24-21(2)19-23(20-22(24)3)33-27-13-7-5-11-25(27)26-12-6-8-14-28(26)33/h5-8,11-14,19-20H,4,9-10,15-18H2,1-3H3/q+1. The first kappa shape index (κ1) is 22.2. The van der Waals surface area contributed by atoms with Gasteiger partial charge in [-0.3, -0.25) is 4.79 Å². The molecule has 5 rings (SSSR count). The first-order valence-corrected chi connectivity index (χ1v) is 13.5. The molecule has 0 aliphatic heterocycles. The van der Waals surface area contributed by atoms with Crippen molar-refractivity contribution in [2.24, 2.45) is 0 Å². The summed E-state index contributed by atoms with van der Waals surface area (Å²) in [5.74, 6) is -0.0397. The van der Waals surface area contributed by atoms with E-state index in [4.69, 9.17) is 4.74 Å². The smallest absolute Gasteiger partial charge is 0.306 e. The summed E-state index contributed by atoms with van der Waals surface area (Å²) in [6.45, 7) is 6.53. The molecule has 2 nitrogen and oxygen atoms in total. The SMILES string of the molecule is CCC1(OC(=O)CCc2c(C)cc(-[s+]3c4ccccc4c4ccccc43)cc2C)CCCC1. The van der Waals surface area contributed by atoms with Gasteiger partial charge in [-0.15, -0.1) is 0 Å². The number of hydrogen-bond acceptors (Lipinski definition) is 2. The van der Waals surface area contributed by atoms with Crippen molar-refractivity contribution in [3.05, 3.63) is 77.4 Å². The van der Waals surface area contributed by atoms with Crippen LogP contribution in [0.1, 0.15) is 62.1 Å². The number of aryl methyl sites for hydroxylation is 2. The summed E-state index contributed by atoms with van der Waals surface area (Å²) in [7, 11) is -0.0840. The molecule has 0 atom stereocenters. The fourth-order valence-corrected chi connectivity index (χ4v) is 8.20. The van der Waals surface area contributed by atoms with E-state index >= 15 is 0 Å². The van der Waals surface area contributed by atoms with Gasteiger partial charge in [0.2, 0.25) is 0 Å². The summed E-state index contributed by atoms with van der Waals surface area (Å²) in [5.41, 5.74) is 3.64. The molecule has 33 heavy (non-hydrogen) atoms. The van der Waals surface area contributed by atoms with Gasteiger partial charge in [0.1, 0.15) is 5.60 Å². The molecule has 1 aliphatic rings. The average Bonchev–Trinajstić information content (AvgIpc) is 3.41. The van der Waals surface area contributed by atoms with Crippen LogP contribution in [0.5, 0.6) is 0 Å². The van der Waals surface area contributed by atoms with Crippen molar-refractivity contribution in [1.82, 2.24) is 0 Å². The second-order valence-corrected chi connectivity index (χ2v) is 11.5. The fourth-order valence-electron chi connectivity index (χ4n) is 5.64. The Hall–Kier alpha value is -2.65. The van der Waals surface area contributed by atoms with Crippen molar-refractivity contribution in [3.8, 4) is 4.90 Å². The van der Waals surface area contributed by atoms with Crippen LogP contribution in [-0.2, 0) is 16.0 Å². The number of thiophene rings is 1. The lowest BCUT2D eigenvalue weighted by atomic mass is 9.97. The molecule has 1 fully saturated rings. The predicted molar refractivity (Wildman–Crippen MR) is 141 cm³/mol. The molecule has 1 aromatic heterocycles. The Labute approximate surface area is 199 Å². The van der Waals surface area contributed by atoms with Gasteiger partial charge in [0.25, 0.3) is 0 Å². The van der Waals surface area contributed by atoms with E-state index in [1.807, 2.05) is 0 Å². The number of rotatable bonds is 6. The summed E-state index contributed by atoms with van der Waals surface area (Å²) in [5, 5.41) is 2.71. The number of esters is 1. The highest BCUT2D eigenvalue weighted by atomic mass is 32.2. The third-order valence-electron chi connectivity index (χ3n) is 7.48. The van der Waals surface area contributed by atoms with Gasteiger partial charge in [0.05, 0.1) is 0 Å². The maximum absolute atomic E-state index is 12.7. The molecule has 3 aromatic carbocycles. The fraction of sp³-hybridized carbons (Fsp3) is 0.367. The molecule has 3 heteroatoms. The quantitative estimate of drug-likeness (QED) is 0.214. The Kier molecular flexibility index (Phi) is 6.01. The Morgan fingerprint density at radius 2 is 1.45 bits per heavy atom. The summed E-state index contributed by atoms with van der Waals surface area (Å²) < 4.78 is 8.82. The first-order valence-electron chi connectivity index (χ1n) is 12.3. The lowest BCUT2D eigenvalue weighted by Gasteiger charge is -2.27. The minimum absolute atomic E-state index is 0.0397. The van der Waals surface area contributed by atoms with Crippen LogP contribution in [0.15, 0.2) is 60.7 Å². The van der Waals surface area contributed by atoms with Crippen molar-refractivity contribution in [1.29, 1.82) is 0 Å². The van der Waals surface area contributed by atoms with Crippen LogP contribution in [0.2, 0.25) is 0 Å². The van der Waals surface area contributed by atoms with E-state index in [0.29, 0.717) is 6.42 Å². The zero-order chi connectivity index (χ0) is 23.0. The lowest BCUT2D eigenvalue weighted by Crippen LogP contribution is -2.31. The highest BCUT2D eigenvalue weighted by Crippen LogP contribution is 2.49. The zero-order valence-corrected chi connectivity index (χ0v) is 20.8. The van der Waals surface area contributed by atoms with Crippen LogP contribution < -0.4 is 0 Å². The summed E-state index contributed by atoms with van der Waals surface area (Å²) >= 11 is 0. The molecule has 0 N–H and O–H groups in total. The second-order valence-electron chi connectivity index (χ2n) is 9.55. The minimum Gasteiger partial charge on any atom is -0.459 e. The molecule has 0 unspecified atom stereocenters. The van der Waals surface area contributed by atoms with E-state index in [2.05, 4.69) is 81.4 Å². The van der Waals surface area contributed by atoms with Gasteiger partial charge >= 0.3 is 5.97 Å². The number of fused-ring (bicyclic) bond motifs is 3. The molecule has 170 valence electrons. The molecule has 1 heterocycles. The molecule has 4 aromatic rings. The topological polar surface area (TPSA) is 26.3 Å². The molecular formula is C30H33O2S+. The average molecular weight is 458 g/mol. The van der Waals surface area contributed by atoms with Crippen molar-refractivity contribution in [2.45, 2.75) is 71.3 Å². The lowest BCUT2D eigenvalue weighted by molar-refractivity contribution is -0.159. The Morgan fingerprint density at radius 3 is 2.00 bits per heavy atom. The van der Waals surface area contributed by atoms with Gasteiger partial charge in [-0.1, -0.05) is 31.2 Å². The Balaban J connectivity index is 1.43. The van der Waals surface area contributed by atoms with Crippen LogP contribution in [0.3, 0.4) is 0 Å². The van der Waals surface area contributed by atoms with Gasteiger partial charge in [0, 0.05) is 39.8 Å². The normalized spacial score (nSPS) is 15.4. The molecule has 0 saturated heterocycles. The third-order valence-corrected chi connectivity index (χ3v) is 9.78. The van der Waals surface area contributed by atoms with Gasteiger partial charge in [0.15, 0.2) is 14.3 Å². The van der Waals surface area contributed by atoms with Gasteiger partial charge in [-0.05, 0) is 93.3 Å². The summed E-state index contributed by atoms with van der Waals surface area (Å²) in [6, 6.07) is 22.3. The van der Waals surface area contributed by atoms with E-state index in [0.717, 1.165) is 25.7 Å². The molecular weight excluding hydrogens is 424 g/mol. The van der Waals surface area contributed by atoms with Crippen molar-refractivity contribution in [2.75, 3.05) is 0 Å². The van der Waals surface area contributed by atoms with Gasteiger partial charge in [-0.25, -0.2) is 0 Å². The van der Waals surface area contributed by atoms with Crippen LogP contribution in [0.4, 0.5) is 0 Å². The van der Waals surface area contributed by atoms with Gasteiger partial charge < -0.3 is 4.74 Å². The number of carbonyl (C=O) groups is 1. The Morgan fingerprint density at radius 1 is 0.909 bits per heavy atom. The monoisotopic (exact) mass is 457 g/mol. The van der Waals surface area contributed by atoms with Crippen LogP contribution in [0, 0.1) is 13.8 Å².